The third-order valence-electron chi connectivity index (χ3n) is 2.33. The number of rotatable bonds is 4. The molecule has 1 aromatic carbocycles. The molecule has 0 aliphatic rings. The fourth-order valence-corrected chi connectivity index (χ4v) is 1.73. The van der Waals surface area contributed by atoms with Crippen LogP contribution in [0.15, 0.2) is 18.2 Å². The molecule has 0 spiro atoms. The summed E-state index contributed by atoms with van der Waals surface area (Å²) in [4.78, 5) is 18.7. The molecule has 4 N–H and O–H groups in total. The van der Waals surface area contributed by atoms with Crippen molar-refractivity contribution in [2.75, 3.05) is 11.9 Å². The van der Waals surface area contributed by atoms with Crippen molar-refractivity contribution in [3.05, 3.63) is 23.2 Å². The number of benzene rings is 1. The average Bonchev–Trinajstić information content (AvgIpc) is 2.70. The zero-order valence-electron chi connectivity index (χ0n) is 9.57. The summed E-state index contributed by atoms with van der Waals surface area (Å²) in [5, 5.41) is 3.23. The van der Waals surface area contributed by atoms with Crippen LogP contribution in [-0.4, -0.2) is 22.4 Å². The fraction of sp³-hybridized carbons (Fsp3) is 0.273. The Balaban J connectivity index is 0.00000162. The molecule has 0 unspecified atom stereocenters. The van der Waals surface area contributed by atoms with Crippen molar-refractivity contribution in [1.29, 1.82) is 0 Å². The van der Waals surface area contributed by atoms with Gasteiger partial charge in [0.15, 0.2) is 0 Å². The number of halogens is 2. The second-order valence-electron chi connectivity index (χ2n) is 3.66. The number of carbonyl (C=O) groups is 1. The van der Waals surface area contributed by atoms with Gasteiger partial charge in [0.25, 0.3) is 0 Å². The zero-order valence-corrected chi connectivity index (χ0v) is 11.1. The van der Waals surface area contributed by atoms with Crippen LogP contribution in [0.3, 0.4) is 0 Å². The number of imidazole rings is 1. The molecule has 5 nitrogen and oxygen atoms in total. The van der Waals surface area contributed by atoms with Gasteiger partial charge in [-0.2, -0.15) is 0 Å². The Bertz CT molecular complexity index is 541. The molecule has 1 amide bonds. The minimum atomic E-state index is -0.106. The van der Waals surface area contributed by atoms with E-state index in [0.29, 0.717) is 35.9 Å². The molecule has 0 saturated heterocycles. The molecule has 0 radical (unpaired) electrons. The van der Waals surface area contributed by atoms with E-state index in [1.165, 1.54) is 0 Å². The molecule has 1 heterocycles. The minimum absolute atomic E-state index is 0. The van der Waals surface area contributed by atoms with E-state index >= 15 is 0 Å². The van der Waals surface area contributed by atoms with Crippen molar-refractivity contribution < 1.29 is 4.79 Å². The molecule has 1 aromatic heterocycles. The summed E-state index contributed by atoms with van der Waals surface area (Å²) < 4.78 is 0. The first kappa shape index (κ1) is 14.8. The summed E-state index contributed by atoms with van der Waals surface area (Å²) in [5.74, 6) is 0.306. The number of aromatic amines is 1. The number of carbonyl (C=O) groups excluding carboxylic acids is 1. The Labute approximate surface area is 116 Å². The SMILES string of the molecule is Cl.NCCCC(=O)Nc1nc2c(Cl)cccc2[nH]1. The molecule has 0 fully saturated rings. The molecule has 0 atom stereocenters. The smallest absolute Gasteiger partial charge is 0.226 e. The fourth-order valence-electron chi connectivity index (χ4n) is 1.51. The van der Waals surface area contributed by atoms with E-state index in [-0.39, 0.29) is 18.3 Å². The number of nitrogens with two attached hydrogens (primary N) is 1. The molecule has 0 aliphatic carbocycles. The quantitative estimate of drug-likeness (QED) is 0.807. The average molecular weight is 289 g/mol. The first-order chi connectivity index (χ1) is 8.20. The molecule has 7 heteroatoms. The van der Waals surface area contributed by atoms with Crippen LogP contribution >= 0.6 is 24.0 Å². The summed E-state index contributed by atoms with van der Waals surface area (Å²) in [6, 6.07) is 5.43. The Morgan fingerprint density at radius 1 is 1.50 bits per heavy atom. The van der Waals surface area contributed by atoms with E-state index in [0.717, 1.165) is 5.52 Å². The summed E-state index contributed by atoms with van der Waals surface area (Å²) in [6.45, 7) is 0.499. The maximum atomic E-state index is 11.5. The van der Waals surface area contributed by atoms with Crippen molar-refractivity contribution in [3.63, 3.8) is 0 Å². The van der Waals surface area contributed by atoms with Crippen LogP contribution in [0, 0.1) is 0 Å². The number of amides is 1. The monoisotopic (exact) mass is 288 g/mol. The van der Waals surface area contributed by atoms with Crippen LogP contribution in [-0.2, 0) is 4.79 Å². The molecular weight excluding hydrogens is 275 g/mol. The predicted molar refractivity (Wildman–Crippen MR) is 75.3 cm³/mol. The zero-order chi connectivity index (χ0) is 12.3. The summed E-state index contributed by atoms with van der Waals surface area (Å²) in [7, 11) is 0. The second kappa shape index (κ2) is 6.58. The second-order valence-corrected chi connectivity index (χ2v) is 4.07. The van der Waals surface area contributed by atoms with Crippen molar-refractivity contribution in [3.8, 4) is 0 Å². The van der Waals surface area contributed by atoms with Gasteiger partial charge in [-0.1, -0.05) is 17.7 Å². The molecule has 0 saturated carbocycles. The van der Waals surface area contributed by atoms with Crippen LogP contribution in [0.1, 0.15) is 12.8 Å². The van der Waals surface area contributed by atoms with E-state index in [1.54, 1.807) is 6.07 Å². The number of hydrogen-bond acceptors (Lipinski definition) is 3. The Morgan fingerprint density at radius 3 is 2.94 bits per heavy atom. The van der Waals surface area contributed by atoms with Crippen LogP contribution in [0.2, 0.25) is 5.02 Å². The van der Waals surface area contributed by atoms with Gasteiger partial charge in [0, 0.05) is 6.42 Å². The van der Waals surface area contributed by atoms with Gasteiger partial charge in [-0.3, -0.25) is 10.1 Å². The first-order valence-electron chi connectivity index (χ1n) is 5.35. The molecule has 2 rings (SSSR count). The van der Waals surface area contributed by atoms with Gasteiger partial charge < -0.3 is 10.7 Å². The normalized spacial score (nSPS) is 10.1. The number of hydrogen-bond donors (Lipinski definition) is 3. The largest absolute Gasteiger partial charge is 0.330 e. The molecule has 0 aliphatic heterocycles. The summed E-state index contributed by atoms with van der Waals surface area (Å²) in [5.41, 5.74) is 6.78. The maximum absolute atomic E-state index is 11.5. The van der Waals surface area contributed by atoms with Gasteiger partial charge in [-0.25, -0.2) is 4.98 Å². The van der Waals surface area contributed by atoms with Crippen LogP contribution in [0.5, 0.6) is 0 Å². The highest BCUT2D eigenvalue weighted by molar-refractivity contribution is 6.35. The Morgan fingerprint density at radius 2 is 2.28 bits per heavy atom. The van der Waals surface area contributed by atoms with Gasteiger partial charge in [-0.15, -0.1) is 12.4 Å². The van der Waals surface area contributed by atoms with E-state index in [2.05, 4.69) is 15.3 Å². The summed E-state index contributed by atoms with van der Waals surface area (Å²) >= 11 is 5.98. The summed E-state index contributed by atoms with van der Waals surface area (Å²) in [6.07, 6.45) is 1.05. The van der Waals surface area contributed by atoms with Crippen LogP contribution in [0.25, 0.3) is 11.0 Å². The lowest BCUT2D eigenvalue weighted by molar-refractivity contribution is -0.116. The van der Waals surface area contributed by atoms with E-state index in [1.807, 2.05) is 12.1 Å². The van der Waals surface area contributed by atoms with Crippen LogP contribution < -0.4 is 11.1 Å². The predicted octanol–water partition coefficient (Wildman–Crippen LogP) is 2.32. The number of aromatic nitrogens is 2. The van der Waals surface area contributed by atoms with Crippen molar-refractivity contribution >= 4 is 46.9 Å². The molecule has 18 heavy (non-hydrogen) atoms. The maximum Gasteiger partial charge on any atom is 0.226 e. The van der Waals surface area contributed by atoms with E-state index < -0.39 is 0 Å². The number of anilines is 1. The van der Waals surface area contributed by atoms with Gasteiger partial charge in [0.2, 0.25) is 11.9 Å². The number of H-pyrrole nitrogens is 1. The van der Waals surface area contributed by atoms with Crippen molar-refractivity contribution in [2.45, 2.75) is 12.8 Å². The van der Waals surface area contributed by atoms with Gasteiger partial charge in [0.05, 0.1) is 10.5 Å². The Kier molecular flexibility index (Phi) is 5.40. The third kappa shape index (κ3) is 3.35. The lowest BCUT2D eigenvalue weighted by atomic mass is 10.3. The van der Waals surface area contributed by atoms with Crippen molar-refractivity contribution in [1.82, 2.24) is 9.97 Å². The number of para-hydroxylation sites is 1. The number of nitrogens with zero attached hydrogens (tertiary/aromatic N) is 1. The standard InChI is InChI=1S/C11H13ClN4O.ClH/c12-7-3-1-4-8-10(7)16-11(14-8)15-9(17)5-2-6-13;/h1,3-4H,2,5-6,13H2,(H2,14,15,16,17);1H. The van der Waals surface area contributed by atoms with Crippen LogP contribution in [0.4, 0.5) is 5.95 Å². The highest BCUT2D eigenvalue weighted by Gasteiger charge is 2.08. The van der Waals surface area contributed by atoms with E-state index in [9.17, 15) is 4.79 Å². The minimum Gasteiger partial charge on any atom is -0.330 e. The first-order valence-corrected chi connectivity index (χ1v) is 5.72. The molecule has 0 bridgehead atoms. The molecule has 2 aromatic rings. The van der Waals surface area contributed by atoms with E-state index in [4.69, 9.17) is 17.3 Å². The lowest BCUT2D eigenvalue weighted by Gasteiger charge is -1.99. The molecular formula is C11H14Cl2N4O. The van der Waals surface area contributed by atoms with Gasteiger partial charge in [-0.05, 0) is 25.1 Å². The third-order valence-corrected chi connectivity index (χ3v) is 2.63. The topological polar surface area (TPSA) is 83.8 Å². The van der Waals surface area contributed by atoms with Crippen molar-refractivity contribution in [2.24, 2.45) is 5.73 Å². The van der Waals surface area contributed by atoms with Gasteiger partial charge >= 0.3 is 0 Å². The number of fused-ring (bicyclic) bond motifs is 1. The van der Waals surface area contributed by atoms with Gasteiger partial charge in [0.1, 0.15) is 5.52 Å². The highest BCUT2D eigenvalue weighted by Crippen LogP contribution is 2.22. The Hall–Kier alpha value is -1.30. The lowest BCUT2D eigenvalue weighted by Crippen LogP contribution is -2.14. The number of nitrogens with one attached hydrogen (secondary N) is 2. The highest BCUT2D eigenvalue weighted by atomic mass is 35.5. The molecule has 98 valence electrons.